The molecule has 0 aliphatic rings. The molecule has 0 unspecified atom stereocenters. The molecule has 29 heavy (non-hydrogen) atoms. The summed E-state index contributed by atoms with van der Waals surface area (Å²) in [6.07, 6.45) is 0.133. The van der Waals surface area contributed by atoms with Gasteiger partial charge in [0, 0.05) is 28.2 Å². The van der Waals surface area contributed by atoms with Crippen molar-refractivity contribution in [3.05, 3.63) is 35.7 Å². The second-order valence-electron chi connectivity index (χ2n) is 7.33. The summed E-state index contributed by atoms with van der Waals surface area (Å²) >= 11 is 0. The largest absolute Gasteiger partial charge is 0.349 e. The maximum absolute atomic E-state index is 12.3. The predicted octanol–water partition coefficient (Wildman–Crippen LogP) is 1.04. The minimum Gasteiger partial charge on any atom is -0.349 e. The van der Waals surface area contributed by atoms with Gasteiger partial charge in [-0.3, -0.25) is 4.79 Å². The zero-order valence-corrected chi connectivity index (χ0v) is 18.5. The van der Waals surface area contributed by atoms with E-state index < -0.39 is 15.1 Å². The van der Waals surface area contributed by atoms with E-state index in [1.807, 2.05) is 28.2 Å². The lowest BCUT2D eigenvalue weighted by molar-refractivity contribution is -0.120. The normalized spacial score (nSPS) is 11.4. The van der Waals surface area contributed by atoms with Crippen molar-refractivity contribution in [3.8, 4) is 0 Å². The first-order valence-electron chi connectivity index (χ1n) is 9.20. The molecule has 0 atom stereocenters. The molecule has 0 fully saturated rings. The molecule has 158 valence electrons. The first kappa shape index (κ1) is 22.5. The topological polar surface area (TPSA) is 108 Å². The number of hydrogen-bond donors (Lipinski definition) is 1. The molecule has 0 aliphatic heterocycles. The van der Waals surface area contributed by atoms with Gasteiger partial charge in [0.25, 0.3) is 0 Å². The smallest absolute Gasteiger partial charge is 0.229 e. The van der Waals surface area contributed by atoms with Crippen LogP contribution >= 0.6 is 0 Å². The summed E-state index contributed by atoms with van der Waals surface area (Å²) in [5.74, 6) is 1.27. The van der Waals surface area contributed by atoms with Crippen LogP contribution in [0.5, 0.6) is 0 Å². The Kier molecular flexibility index (Phi) is 7.12. The van der Waals surface area contributed by atoms with Gasteiger partial charge in [0.15, 0.2) is 15.7 Å². The molecule has 0 bridgehead atoms. The third-order valence-corrected chi connectivity index (χ3v) is 6.31. The number of aromatic nitrogens is 3. The molecule has 10 heteroatoms. The quantitative estimate of drug-likeness (QED) is 0.675. The molecular weight excluding hydrogens is 392 g/mol. The Bertz CT molecular complexity index is 930. The van der Waals surface area contributed by atoms with Crippen LogP contribution in [0.2, 0.25) is 0 Å². The Morgan fingerprint density at radius 3 is 1.93 bits per heavy atom. The van der Waals surface area contributed by atoms with Gasteiger partial charge in [0.1, 0.15) is 0 Å². The number of rotatable bonds is 8. The van der Waals surface area contributed by atoms with Crippen LogP contribution in [0.3, 0.4) is 0 Å². The van der Waals surface area contributed by atoms with E-state index in [0.717, 1.165) is 5.56 Å². The van der Waals surface area contributed by atoms with E-state index in [1.54, 1.807) is 35.8 Å². The summed E-state index contributed by atoms with van der Waals surface area (Å²) in [6.45, 7) is 3.45. The van der Waals surface area contributed by atoms with Gasteiger partial charge in [-0.05, 0) is 31.5 Å². The van der Waals surface area contributed by atoms with Crippen LogP contribution in [-0.2, 0) is 27.6 Å². The summed E-state index contributed by atoms with van der Waals surface area (Å²) in [6, 6.07) is 6.39. The molecule has 0 spiro atoms. The number of benzene rings is 1. The first-order valence-corrected chi connectivity index (χ1v) is 10.7. The second kappa shape index (κ2) is 9.17. The average molecular weight is 421 g/mol. The summed E-state index contributed by atoms with van der Waals surface area (Å²) < 4.78 is 24.3. The molecule has 1 amide bonds. The van der Waals surface area contributed by atoms with Crippen LogP contribution in [-0.4, -0.2) is 62.7 Å². The Labute approximate surface area is 172 Å². The maximum Gasteiger partial charge on any atom is 0.229 e. The monoisotopic (exact) mass is 420 g/mol. The fourth-order valence-corrected chi connectivity index (χ4v) is 3.43. The van der Waals surface area contributed by atoms with Crippen molar-refractivity contribution in [2.45, 2.75) is 37.0 Å². The van der Waals surface area contributed by atoms with Crippen molar-refractivity contribution in [1.82, 2.24) is 20.3 Å². The molecule has 0 aliphatic carbocycles. The van der Waals surface area contributed by atoms with Crippen LogP contribution in [0.25, 0.3) is 0 Å². The van der Waals surface area contributed by atoms with Crippen LogP contribution in [0.1, 0.15) is 25.2 Å². The van der Waals surface area contributed by atoms with Crippen molar-refractivity contribution in [2.24, 2.45) is 0 Å². The van der Waals surface area contributed by atoms with Crippen LogP contribution in [0.15, 0.2) is 29.2 Å². The number of nitrogens with zero attached hydrogens (tertiary/aromatic N) is 5. The fourth-order valence-electron chi connectivity index (χ4n) is 2.37. The maximum atomic E-state index is 12.3. The summed E-state index contributed by atoms with van der Waals surface area (Å²) in [7, 11) is 4.01. The number of nitrogens with one attached hydrogen (secondary N) is 1. The van der Waals surface area contributed by atoms with Gasteiger partial charge in [-0.25, -0.2) is 8.42 Å². The number of carbonyl (C=O) groups is 1. The minimum absolute atomic E-state index is 0.133. The summed E-state index contributed by atoms with van der Waals surface area (Å²) in [5.41, 5.74) is 0.726. The van der Waals surface area contributed by atoms with Crippen molar-refractivity contribution in [3.63, 3.8) is 0 Å². The zero-order chi connectivity index (χ0) is 21.8. The van der Waals surface area contributed by atoms with Gasteiger partial charge in [-0.2, -0.15) is 15.0 Å². The van der Waals surface area contributed by atoms with Crippen molar-refractivity contribution in [2.75, 3.05) is 38.0 Å². The van der Waals surface area contributed by atoms with Crippen LogP contribution in [0.4, 0.5) is 11.9 Å². The van der Waals surface area contributed by atoms with Crippen LogP contribution < -0.4 is 15.1 Å². The Hall–Kier alpha value is -2.75. The lowest BCUT2D eigenvalue weighted by atomic mass is 10.1. The van der Waals surface area contributed by atoms with E-state index >= 15 is 0 Å². The molecule has 1 aromatic carbocycles. The number of sulfone groups is 1. The van der Waals surface area contributed by atoms with Crippen molar-refractivity contribution in [1.29, 1.82) is 0 Å². The molecule has 2 aromatic rings. The predicted molar refractivity (Wildman–Crippen MR) is 113 cm³/mol. The highest BCUT2D eigenvalue weighted by atomic mass is 32.2. The summed E-state index contributed by atoms with van der Waals surface area (Å²) in [5, 5.41) is 2.31. The van der Waals surface area contributed by atoms with E-state index in [9.17, 15) is 13.2 Å². The molecular formula is C19H28N6O3S. The highest BCUT2D eigenvalue weighted by molar-refractivity contribution is 7.92. The van der Waals surface area contributed by atoms with Crippen LogP contribution in [0, 0.1) is 0 Å². The minimum atomic E-state index is -3.32. The Balaban J connectivity index is 2.03. The standard InChI is InChI=1S/C19H28N6O3S/c1-13(2)29(27,28)15-9-7-14(8-10-15)11-17(26)20-12-16-21-18(24(3)4)23-19(22-16)25(5)6/h7-10,13H,11-12H2,1-6H3,(H,20,26). The number of amides is 1. The highest BCUT2D eigenvalue weighted by Crippen LogP contribution is 2.17. The van der Waals surface area contributed by atoms with Gasteiger partial charge < -0.3 is 15.1 Å². The molecule has 1 N–H and O–H groups in total. The Morgan fingerprint density at radius 1 is 0.966 bits per heavy atom. The summed E-state index contributed by atoms with van der Waals surface area (Å²) in [4.78, 5) is 29.1. The van der Waals surface area contributed by atoms with E-state index in [4.69, 9.17) is 0 Å². The number of anilines is 2. The molecule has 2 rings (SSSR count). The van der Waals surface area contributed by atoms with Gasteiger partial charge >= 0.3 is 0 Å². The van der Waals surface area contributed by atoms with Gasteiger partial charge in [0.05, 0.1) is 23.1 Å². The van der Waals surface area contributed by atoms with E-state index in [-0.39, 0.29) is 23.8 Å². The van der Waals surface area contributed by atoms with E-state index in [1.165, 1.54) is 12.1 Å². The lowest BCUT2D eigenvalue weighted by Gasteiger charge is -2.16. The highest BCUT2D eigenvalue weighted by Gasteiger charge is 2.19. The SMILES string of the molecule is CC(C)S(=O)(=O)c1ccc(CC(=O)NCc2nc(N(C)C)nc(N(C)C)n2)cc1. The molecule has 0 saturated carbocycles. The van der Waals surface area contributed by atoms with Gasteiger partial charge in [-0.1, -0.05) is 12.1 Å². The van der Waals surface area contributed by atoms with E-state index in [0.29, 0.717) is 17.7 Å². The Morgan fingerprint density at radius 2 is 1.48 bits per heavy atom. The first-order chi connectivity index (χ1) is 13.5. The third-order valence-electron chi connectivity index (χ3n) is 4.14. The molecule has 9 nitrogen and oxygen atoms in total. The molecule has 0 saturated heterocycles. The van der Waals surface area contributed by atoms with E-state index in [2.05, 4.69) is 20.3 Å². The molecule has 1 aromatic heterocycles. The zero-order valence-electron chi connectivity index (χ0n) is 17.7. The van der Waals surface area contributed by atoms with Crippen molar-refractivity contribution < 1.29 is 13.2 Å². The molecule has 0 radical (unpaired) electrons. The average Bonchev–Trinajstić information content (AvgIpc) is 2.66. The molecule has 1 heterocycles. The number of hydrogen-bond acceptors (Lipinski definition) is 8. The number of carbonyl (C=O) groups excluding carboxylic acids is 1. The fraction of sp³-hybridized carbons (Fsp3) is 0.474. The third kappa shape index (κ3) is 5.86. The van der Waals surface area contributed by atoms with Gasteiger partial charge in [-0.15, -0.1) is 0 Å². The van der Waals surface area contributed by atoms with Crippen molar-refractivity contribution >= 4 is 27.6 Å². The lowest BCUT2D eigenvalue weighted by Crippen LogP contribution is -2.27. The van der Waals surface area contributed by atoms with Gasteiger partial charge in [0.2, 0.25) is 17.8 Å². The second-order valence-corrected chi connectivity index (χ2v) is 9.84.